The second-order valence-electron chi connectivity index (χ2n) is 8.19. The van der Waals surface area contributed by atoms with Crippen molar-refractivity contribution in [3.63, 3.8) is 0 Å². The molecule has 0 fully saturated rings. The first-order valence-electron chi connectivity index (χ1n) is 12.0. The van der Waals surface area contributed by atoms with Crippen molar-refractivity contribution in [1.82, 2.24) is 0 Å². The number of aliphatic hydroxyl groups excluding tert-OH is 1. The first kappa shape index (κ1) is 26.4. The van der Waals surface area contributed by atoms with Crippen LogP contribution in [0.4, 0.5) is 0 Å². The Labute approximate surface area is 169 Å². The van der Waals surface area contributed by atoms with Crippen LogP contribution in [0.3, 0.4) is 0 Å². The van der Waals surface area contributed by atoms with E-state index in [4.69, 9.17) is 0 Å². The van der Waals surface area contributed by atoms with Gasteiger partial charge in [-0.1, -0.05) is 129 Å². The summed E-state index contributed by atoms with van der Waals surface area (Å²) in [6, 6.07) is 0. The summed E-state index contributed by atoms with van der Waals surface area (Å²) in [7, 11) is 1.32. The smallest absolute Gasteiger partial charge is 0.334 e. The highest BCUT2D eigenvalue weighted by molar-refractivity contribution is 5.74. The number of esters is 1. The van der Waals surface area contributed by atoms with E-state index in [1.54, 1.807) is 0 Å². The van der Waals surface area contributed by atoms with Gasteiger partial charge in [0.2, 0.25) is 0 Å². The van der Waals surface area contributed by atoms with Gasteiger partial charge in [0.05, 0.1) is 7.11 Å². The van der Waals surface area contributed by atoms with Gasteiger partial charge in [0.25, 0.3) is 0 Å². The van der Waals surface area contributed by atoms with E-state index in [2.05, 4.69) is 11.7 Å². The zero-order valence-electron chi connectivity index (χ0n) is 18.5. The molecule has 0 saturated carbocycles. The molecule has 0 aromatic rings. The first-order chi connectivity index (χ1) is 13.2. The van der Waals surface area contributed by atoms with Crippen LogP contribution >= 0.6 is 0 Å². The van der Waals surface area contributed by atoms with Gasteiger partial charge in [-0.3, -0.25) is 0 Å². The number of methoxy groups -OCH3 is 1. The molecule has 3 heteroatoms. The standard InChI is InChI=1S/C24H48O3/c1-3-4-5-6-7-8-9-10-11-12-13-14-15-16-17-18-19-20-21-22-23(25)24(26)27-2/h23,25H,3-22H2,1-2H3/t23-/m1/s1. The third kappa shape index (κ3) is 20.0. The number of unbranched alkanes of at least 4 members (excludes halogenated alkanes) is 18. The molecular formula is C24H48O3. The molecule has 0 aliphatic rings. The van der Waals surface area contributed by atoms with Crippen molar-refractivity contribution in [3.8, 4) is 0 Å². The maximum atomic E-state index is 11.1. The van der Waals surface area contributed by atoms with Crippen LogP contribution in [0.15, 0.2) is 0 Å². The quantitative estimate of drug-likeness (QED) is 0.166. The van der Waals surface area contributed by atoms with E-state index in [1.807, 2.05) is 0 Å². The number of hydrogen-bond acceptors (Lipinski definition) is 3. The van der Waals surface area contributed by atoms with E-state index in [0.717, 1.165) is 12.8 Å². The van der Waals surface area contributed by atoms with E-state index >= 15 is 0 Å². The Morgan fingerprint density at radius 1 is 0.630 bits per heavy atom. The maximum Gasteiger partial charge on any atom is 0.334 e. The van der Waals surface area contributed by atoms with Gasteiger partial charge in [0.1, 0.15) is 0 Å². The lowest BCUT2D eigenvalue weighted by Gasteiger charge is -2.07. The van der Waals surface area contributed by atoms with Crippen LogP contribution in [0.2, 0.25) is 0 Å². The third-order valence-electron chi connectivity index (χ3n) is 5.55. The Hall–Kier alpha value is -0.570. The third-order valence-corrected chi connectivity index (χ3v) is 5.55. The second kappa shape index (κ2) is 21.7. The topological polar surface area (TPSA) is 46.5 Å². The lowest BCUT2D eigenvalue weighted by atomic mass is 10.0. The summed E-state index contributed by atoms with van der Waals surface area (Å²) in [5.41, 5.74) is 0. The monoisotopic (exact) mass is 384 g/mol. The Morgan fingerprint density at radius 2 is 0.926 bits per heavy atom. The maximum absolute atomic E-state index is 11.1. The van der Waals surface area contributed by atoms with Gasteiger partial charge in [0.15, 0.2) is 6.10 Å². The molecule has 0 radical (unpaired) electrons. The number of carbonyl (C=O) groups is 1. The molecule has 0 aliphatic heterocycles. The Kier molecular flexibility index (Phi) is 21.3. The predicted octanol–water partition coefficient (Wildman–Crippen LogP) is 7.34. The van der Waals surface area contributed by atoms with Crippen LogP contribution in [-0.2, 0) is 9.53 Å². The molecule has 162 valence electrons. The minimum absolute atomic E-state index is 0.502. The first-order valence-corrected chi connectivity index (χ1v) is 12.0. The molecule has 1 N–H and O–H groups in total. The van der Waals surface area contributed by atoms with Crippen LogP contribution in [0, 0.1) is 0 Å². The van der Waals surface area contributed by atoms with Crippen LogP contribution in [-0.4, -0.2) is 24.3 Å². The molecule has 0 heterocycles. The van der Waals surface area contributed by atoms with Crippen molar-refractivity contribution in [1.29, 1.82) is 0 Å². The van der Waals surface area contributed by atoms with Gasteiger partial charge >= 0.3 is 5.97 Å². The number of carbonyl (C=O) groups excluding carboxylic acids is 1. The molecule has 1 atom stereocenters. The van der Waals surface area contributed by atoms with Gasteiger partial charge in [-0.25, -0.2) is 4.79 Å². The van der Waals surface area contributed by atoms with E-state index in [1.165, 1.54) is 116 Å². The predicted molar refractivity (Wildman–Crippen MR) is 116 cm³/mol. The van der Waals surface area contributed by atoms with Crippen molar-refractivity contribution < 1.29 is 14.6 Å². The minimum atomic E-state index is -0.930. The van der Waals surface area contributed by atoms with Gasteiger partial charge < -0.3 is 9.84 Å². The molecule has 0 rings (SSSR count). The zero-order valence-corrected chi connectivity index (χ0v) is 18.5. The highest BCUT2D eigenvalue weighted by Gasteiger charge is 2.13. The Balaban J connectivity index is 3.08. The molecule has 0 aromatic carbocycles. The summed E-state index contributed by atoms with van der Waals surface area (Å²) in [4.78, 5) is 11.1. The van der Waals surface area contributed by atoms with Gasteiger partial charge in [-0.05, 0) is 6.42 Å². The molecule has 0 spiro atoms. The molecule has 0 unspecified atom stereocenters. The van der Waals surface area contributed by atoms with Crippen LogP contribution < -0.4 is 0 Å². The van der Waals surface area contributed by atoms with Gasteiger partial charge in [-0.15, -0.1) is 0 Å². The molecule has 27 heavy (non-hydrogen) atoms. The SMILES string of the molecule is CCCCCCCCCCCCCCCCCCCCC[C@@H](O)C(=O)OC. The number of ether oxygens (including phenoxy) is 1. The fourth-order valence-electron chi connectivity index (χ4n) is 3.67. The van der Waals surface area contributed by atoms with E-state index < -0.39 is 12.1 Å². The average Bonchev–Trinajstić information content (AvgIpc) is 2.68. The average molecular weight is 385 g/mol. The Morgan fingerprint density at radius 3 is 1.22 bits per heavy atom. The molecular weight excluding hydrogens is 336 g/mol. The molecule has 0 saturated heterocycles. The lowest BCUT2D eigenvalue weighted by Crippen LogP contribution is -2.21. The number of rotatable bonds is 21. The van der Waals surface area contributed by atoms with Crippen molar-refractivity contribution in [2.45, 2.75) is 141 Å². The normalized spacial score (nSPS) is 12.3. The second-order valence-corrected chi connectivity index (χ2v) is 8.19. The summed E-state index contributed by atoms with van der Waals surface area (Å²) in [6.07, 6.45) is 25.3. The molecule has 0 aliphatic carbocycles. The summed E-state index contributed by atoms with van der Waals surface area (Å²) >= 11 is 0. The van der Waals surface area contributed by atoms with Crippen LogP contribution in [0.5, 0.6) is 0 Å². The minimum Gasteiger partial charge on any atom is -0.467 e. The number of hydrogen-bond donors (Lipinski definition) is 1. The number of aliphatic hydroxyl groups is 1. The van der Waals surface area contributed by atoms with Crippen LogP contribution in [0.25, 0.3) is 0 Å². The molecule has 3 nitrogen and oxygen atoms in total. The fraction of sp³-hybridized carbons (Fsp3) is 0.958. The van der Waals surface area contributed by atoms with Crippen LogP contribution in [0.1, 0.15) is 135 Å². The summed E-state index contributed by atoms with van der Waals surface area (Å²) in [5.74, 6) is -0.502. The fourth-order valence-corrected chi connectivity index (χ4v) is 3.67. The van der Waals surface area contributed by atoms with Crippen molar-refractivity contribution in [3.05, 3.63) is 0 Å². The summed E-state index contributed by atoms with van der Waals surface area (Å²) in [6.45, 7) is 2.28. The van der Waals surface area contributed by atoms with Gasteiger partial charge in [-0.2, -0.15) is 0 Å². The van der Waals surface area contributed by atoms with E-state index in [-0.39, 0.29) is 0 Å². The zero-order chi connectivity index (χ0) is 20.0. The van der Waals surface area contributed by atoms with Crippen molar-refractivity contribution in [2.24, 2.45) is 0 Å². The summed E-state index contributed by atoms with van der Waals surface area (Å²) < 4.78 is 4.51. The molecule has 0 bridgehead atoms. The van der Waals surface area contributed by atoms with Crippen molar-refractivity contribution >= 4 is 5.97 Å². The lowest BCUT2D eigenvalue weighted by molar-refractivity contribution is -0.150. The molecule has 0 aromatic heterocycles. The van der Waals surface area contributed by atoms with Crippen molar-refractivity contribution in [2.75, 3.05) is 7.11 Å². The van der Waals surface area contributed by atoms with Gasteiger partial charge in [0, 0.05) is 0 Å². The highest BCUT2D eigenvalue weighted by Crippen LogP contribution is 2.15. The Bertz CT molecular complexity index is 304. The van der Waals surface area contributed by atoms with E-state index in [9.17, 15) is 9.90 Å². The van der Waals surface area contributed by atoms with E-state index in [0.29, 0.717) is 6.42 Å². The highest BCUT2D eigenvalue weighted by atomic mass is 16.5. The largest absolute Gasteiger partial charge is 0.467 e. The molecule has 0 amide bonds. The summed E-state index contributed by atoms with van der Waals surface area (Å²) in [5, 5.41) is 9.49.